The largest absolute Gasteiger partial charge is 0.493 e. The predicted octanol–water partition coefficient (Wildman–Crippen LogP) is 3.34. The second kappa shape index (κ2) is 9.50. The van der Waals surface area contributed by atoms with Crippen LogP contribution in [0.5, 0.6) is 11.5 Å². The Morgan fingerprint density at radius 3 is 2.50 bits per heavy atom. The Balaban J connectivity index is 1.52. The molecular weight excluding hydrogens is 394 g/mol. The van der Waals surface area contributed by atoms with Gasteiger partial charge in [-0.05, 0) is 35.9 Å². The number of ether oxygens (including phenoxy) is 3. The lowest BCUT2D eigenvalue weighted by atomic mass is 10.2. The van der Waals surface area contributed by atoms with Crippen molar-refractivity contribution in [1.82, 2.24) is 10.1 Å². The van der Waals surface area contributed by atoms with E-state index in [1.54, 1.807) is 37.4 Å². The number of esters is 1. The zero-order valence-corrected chi connectivity index (χ0v) is 16.4. The molecular formula is C20H19N3O7. The third kappa shape index (κ3) is 5.10. The van der Waals surface area contributed by atoms with E-state index in [1.807, 2.05) is 0 Å². The standard InChI is InChI=1S/C20H19N3O7/c1-27-16-8-5-14(11-17(16)28-2)20-21-18(30-22-20)9-10-19(24)29-12-13-3-6-15(7-4-13)23(25)26/h3-8,11H,9-10,12H2,1-2H3. The summed E-state index contributed by atoms with van der Waals surface area (Å²) in [4.78, 5) is 26.4. The summed E-state index contributed by atoms with van der Waals surface area (Å²) in [6.45, 7) is 0.0254. The van der Waals surface area contributed by atoms with Gasteiger partial charge < -0.3 is 18.7 Å². The van der Waals surface area contributed by atoms with E-state index >= 15 is 0 Å². The molecule has 156 valence electrons. The third-order valence-corrected chi connectivity index (χ3v) is 4.20. The van der Waals surface area contributed by atoms with Gasteiger partial charge in [-0.2, -0.15) is 4.98 Å². The van der Waals surface area contributed by atoms with Gasteiger partial charge in [0.2, 0.25) is 11.7 Å². The van der Waals surface area contributed by atoms with E-state index in [1.165, 1.54) is 19.2 Å². The van der Waals surface area contributed by atoms with Crippen LogP contribution in [0.15, 0.2) is 47.0 Å². The summed E-state index contributed by atoms with van der Waals surface area (Å²) in [7, 11) is 3.08. The number of nitro benzene ring substituents is 1. The fraction of sp³-hybridized carbons (Fsp3) is 0.250. The molecule has 0 bridgehead atoms. The number of hydrogen-bond donors (Lipinski definition) is 0. The maximum absolute atomic E-state index is 11.9. The lowest BCUT2D eigenvalue weighted by Crippen LogP contribution is -2.06. The van der Waals surface area contributed by atoms with Crippen LogP contribution in [0.1, 0.15) is 17.9 Å². The Morgan fingerprint density at radius 1 is 1.10 bits per heavy atom. The first-order valence-corrected chi connectivity index (χ1v) is 8.94. The molecule has 3 aromatic rings. The molecule has 0 fully saturated rings. The Labute approximate surface area is 171 Å². The van der Waals surface area contributed by atoms with Crippen LogP contribution >= 0.6 is 0 Å². The minimum Gasteiger partial charge on any atom is -0.493 e. The molecule has 0 saturated heterocycles. The molecule has 0 aliphatic heterocycles. The number of benzene rings is 2. The fourth-order valence-electron chi connectivity index (χ4n) is 2.61. The molecule has 0 N–H and O–H groups in total. The van der Waals surface area contributed by atoms with Gasteiger partial charge in [-0.15, -0.1) is 0 Å². The first-order valence-electron chi connectivity index (χ1n) is 8.94. The SMILES string of the molecule is COc1ccc(-c2noc(CCC(=O)OCc3ccc([N+](=O)[O-])cc3)n2)cc1OC. The topological polar surface area (TPSA) is 127 Å². The Kier molecular flexibility index (Phi) is 6.58. The zero-order chi connectivity index (χ0) is 21.5. The van der Waals surface area contributed by atoms with Crippen molar-refractivity contribution in [1.29, 1.82) is 0 Å². The normalized spacial score (nSPS) is 10.5. The average Bonchev–Trinajstić information content (AvgIpc) is 3.25. The molecule has 0 aliphatic rings. The summed E-state index contributed by atoms with van der Waals surface area (Å²) < 4.78 is 20.8. The molecule has 1 aromatic heterocycles. The molecule has 1 heterocycles. The number of aryl methyl sites for hydroxylation is 1. The van der Waals surface area contributed by atoms with Gasteiger partial charge in [0.15, 0.2) is 11.5 Å². The molecule has 0 atom stereocenters. The Hall–Kier alpha value is -3.95. The van der Waals surface area contributed by atoms with Gasteiger partial charge in [0, 0.05) is 24.1 Å². The van der Waals surface area contributed by atoms with Crippen LogP contribution in [-0.4, -0.2) is 35.3 Å². The number of carbonyl (C=O) groups is 1. The highest BCUT2D eigenvalue weighted by Gasteiger charge is 2.14. The van der Waals surface area contributed by atoms with Crippen molar-refractivity contribution >= 4 is 11.7 Å². The highest BCUT2D eigenvalue weighted by atomic mass is 16.6. The number of nitro groups is 1. The third-order valence-electron chi connectivity index (χ3n) is 4.20. The van der Waals surface area contributed by atoms with Gasteiger partial charge in [0.25, 0.3) is 5.69 Å². The summed E-state index contributed by atoms with van der Waals surface area (Å²) in [5, 5.41) is 14.6. The van der Waals surface area contributed by atoms with E-state index in [0.717, 1.165) is 0 Å². The molecule has 0 aliphatic carbocycles. The summed E-state index contributed by atoms with van der Waals surface area (Å²) in [6.07, 6.45) is 0.278. The van der Waals surface area contributed by atoms with Gasteiger partial charge in [0.1, 0.15) is 6.61 Å². The monoisotopic (exact) mass is 413 g/mol. The van der Waals surface area contributed by atoms with Crippen LogP contribution in [0.2, 0.25) is 0 Å². The van der Waals surface area contributed by atoms with E-state index in [0.29, 0.717) is 34.3 Å². The number of non-ortho nitro benzene ring substituents is 1. The van der Waals surface area contributed by atoms with Crippen LogP contribution < -0.4 is 9.47 Å². The van der Waals surface area contributed by atoms with Gasteiger partial charge in [-0.3, -0.25) is 14.9 Å². The van der Waals surface area contributed by atoms with Crippen molar-refractivity contribution in [3.8, 4) is 22.9 Å². The van der Waals surface area contributed by atoms with E-state index in [9.17, 15) is 14.9 Å². The van der Waals surface area contributed by atoms with Gasteiger partial charge in [-0.1, -0.05) is 5.16 Å². The van der Waals surface area contributed by atoms with Crippen molar-refractivity contribution in [3.63, 3.8) is 0 Å². The molecule has 3 rings (SSSR count). The van der Waals surface area contributed by atoms with Crippen molar-refractivity contribution in [2.45, 2.75) is 19.4 Å². The van der Waals surface area contributed by atoms with Crippen molar-refractivity contribution in [3.05, 3.63) is 64.0 Å². The molecule has 10 heteroatoms. The number of methoxy groups -OCH3 is 2. The van der Waals surface area contributed by atoms with E-state index in [4.69, 9.17) is 18.7 Å². The van der Waals surface area contributed by atoms with Crippen LogP contribution in [0.25, 0.3) is 11.4 Å². The summed E-state index contributed by atoms with van der Waals surface area (Å²) in [5.41, 5.74) is 1.32. The minimum atomic E-state index is -0.490. The summed E-state index contributed by atoms with van der Waals surface area (Å²) in [6, 6.07) is 11.0. The van der Waals surface area contributed by atoms with Crippen LogP contribution in [0.4, 0.5) is 5.69 Å². The Morgan fingerprint density at radius 2 is 1.83 bits per heavy atom. The highest BCUT2D eigenvalue weighted by Crippen LogP contribution is 2.31. The second-order valence-electron chi connectivity index (χ2n) is 6.17. The average molecular weight is 413 g/mol. The summed E-state index contributed by atoms with van der Waals surface area (Å²) in [5.74, 6) is 1.34. The number of hydrogen-bond acceptors (Lipinski definition) is 9. The quantitative estimate of drug-likeness (QED) is 0.295. The van der Waals surface area contributed by atoms with E-state index < -0.39 is 10.9 Å². The van der Waals surface area contributed by atoms with E-state index in [2.05, 4.69) is 10.1 Å². The molecule has 0 spiro atoms. The van der Waals surface area contributed by atoms with Crippen molar-refractivity contribution in [2.24, 2.45) is 0 Å². The molecule has 0 unspecified atom stereocenters. The molecule has 0 saturated carbocycles. The second-order valence-corrected chi connectivity index (χ2v) is 6.17. The van der Waals surface area contributed by atoms with Crippen LogP contribution in [0.3, 0.4) is 0 Å². The van der Waals surface area contributed by atoms with Crippen LogP contribution in [-0.2, 0) is 22.6 Å². The van der Waals surface area contributed by atoms with Crippen molar-refractivity contribution in [2.75, 3.05) is 14.2 Å². The Bertz CT molecular complexity index is 1030. The number of carbonyl (C=O) groups excluding carboxylic acids is 1. The van der Waals surface area contributed by atoms with Crippen molar-refractivity contribution < 1.29 is 28.5 Å². The fourth-order valence-corrected chi connectivity index (χ4v) is 2.61. The van der Waals surface area contributed by atoms with E-state index in [-0.39, 0.29) is 25.1 Å². The number of nitrogens with zero attached hydrogens (tertiary/aromatic N) is 3. The molecule has 30 heavy (non-hydrogen) atoms. The number of aromatic nitrogens is 2. The first-order chi connectivity index (χ1) is 14.5. The smallest absolute Gasteiger partial charge is 0.306 e. The minimum absolute atomic E-state index is 0.0215. The molecule has 0 amide bonds. The van der Waals surface area contributed by atoms with Gasteiger partial charge in [-0.25, -0.2) is 0 Å². The molecule has 0 radical (unpaired) electrons. The summed E-state index contributed by atoms with van der Waals surface area (Å²) >= 11 is 0. The van der Waals surface area contributed by atoms with Gasteiger partial charge >= 0.3 is 5.97 Å². The maximum Gasteiger partial charge on any atom is 0.306 e. The first kappa shape index (κ1) is 20.8. The van der Waals surface area contributed by atoms with Crippen LogP contribution in [0, 0.1) is 10.1 Å². The zero-order valence-electron chi connectivity index (χ0n) is 16.4. The predicted molar refractivity (Wildman–Crippen MR) is 104 cm³/mol. The van der Waals surface area contributed by atoms with Gasteiger partial charge in [0.05, 0.1) is 25.6 Å². The lowest BCUT2D eigenvalue weighted by molar-refractivity contribution is -0.384. The lowest BCUT2D eigenvalue weighted by Gasteiger charge is -2.07. The highest BCUT2D eigenvalue weighted by molar-refractivity contribution is 5.69. The maximum atomic E-state index is 11.9. The molecule has 2 aromatic carbocycles. The molecule has 10 nitrogen and oxygen atoms in total. The number of rotatable bonds is 9.